The van der Waals surface area contributed by atoms with Gasteiger partial charge in [-0.2, -0.15) is 0 Å². The molecule has 5 rings (SSSR count). The summed E-state index contributed by atoms with van der Waals surface area (Å²) in [5.74, 6) is -0.0380. The van der Waals surface area contributed by atoms with Crippen LogP contribution in [0.4, 0.5) is 0 Å². The highest BCUT2D eigenvalue weighted by Gasteiger charge is 2.60. The Morgan fingerprint density at radius 3 is 2.75 bits per heavy atom. The minimum Gasteiger partial charge on any atom is -0.329 e. The smallest absolute Gasteiger partial charge is 0.270 e. The van der Waals surface area contributed by atoms with Crippen molar-refractivity contribution in [3.8, 4) is 0 Å². The number of nitrogens with zero attached hydrogens (tertiary/aromatic N) is 1. The number of pyridine rings is 1. The number of likely N-dealkylation sites (tertiary alicyclic amines) is 1. The van der Waals surface area contributed by atoms with Crippen LogP contribution < -0.4 is 10.9 Å². The van der Waals surface area contributed by atoms with E-state index >= 15 is 0 Å². The van der Waals surface area contributed by atoms with Gasteiger partial charge >= 0.3 is 0 Å². The average Bonchev–Trinajstić information content (AvgIpc) is 3.05. The zero-order chi connectivity index (χ0) is 19.3. The lowest BCUT2D eigenvalue weighted by Gasteiger charge is -2.53. The Morgan fingerprint density at radius 2 is 1.96 bits per heavy atom. The molecule has 2 N–H and O–H groups in total. The van der Waals surface area contributed by atoms with Crippen LogP contribution in [-0.2, 0) is 6.42 Å². The van der Waals surface area contributed by atoms with E-state index < -0.39 is 0 Å². The molecule has 146 valence electrons. The van der Waals surface area contributed by atoms with Crippen molar-refractivity contribution in [2.75, 3.05) is 0 Å². The zero-order valence-electron chi connectivity index (χ0n) is 16.2. The molecule has 3 aliphatic rings. The first kappa shape index (κ1) is 17.7. The van der Waals surface area contributed by atoms with Crippen molar-refractivity contribution >= 4 is 5.91 Å². The molecule has 5 atom stereocenters. The summed E-state index contributed by atoms with van der Waals surface area (Å²) in [5, 5.41) is 3.88. The lowest BCUT2D eigenvalue weighted by Crippen LogP contribution is -2.62. The summed E-state index contributed by atoms with van der Waals surface area (Å²) in [4.78, 5) is 30.4. The van der Waals surface area contributed by atoms with Gasteiger partial charge in [-0.25, -0.2) is 0 Å². The maximum absolute atomic E-state index is 13.6. The number of amides is 1. The maximum Gasteiger partial charge on any atom is 0.270 e. The number of aromatic nitrogens is 1. The van der Waals surface area contributed by atoms with E-state index in [0.717, 1.165) is 25.7 Å². The molecule has 0 unspecified atom stereocenters. The van der Waals surface area contributed by atoms with Crippen molar-refractivity contribution < 1.29 is 4.79 Å². The number of rotatable bonds is 3. The number of piperidine rings is 1. The van der Waals surface area contributed by atoms with Gasteiger partial charge in [-0.05, 0) is 43.7 Å². The summed E-state index contributed by atoms with van der Waals surface area (Å²) in [6.07, 6.45) is 5.31. The molecule has 1 aromatic heterocycles. The van der Waals surface area contributed by atoms with Crippen LogP contribution in [0.3, 0.4) is 0 Å². The highest BCUT2D eigenvalue weighted by atomic mass is 16.2. The van der Waals surface area contributed by atoms with Crippen molar-refractivity contribution in [1.29, 1.82) is 0 Å². The quantitative estimate of drug-likeness (QED) is 0.864. The molecule has 3 heterocycles. The predicted molar refractivity (Wildman–Crippen MR) is 108 cm³/mol. The van der Waals surface area contributed by atoms with Crippen molar-refractivity contribution in [1.82, 2.24) is 15.2 Å². The van der Waals surface area contributed by atoms with Gasteiger partial charge in [0.1, 0.15) is 5.69 Å². The average molecular weight is 377 g/mol. The van der Waals surface area contributed by atoms with Crippen LogP contribution in [0.15, 0.2) is 53.3 Å². The Morgan fingerprint density at radius 1 is 1.14 bits per heavy atom. The van der Waals surface area contributed by atoms with Crippen LogP contribution in [0.1, 0.15) is 48.7 Å². The topological polar surface area (TPSA) is 65.2 Å². The van der Waals surface area contributed by atoms with Crippen LogP contribution >= 0.6 is 0 Å². The Labute approximate surface area is 165 Å². The second kappa shape index (κ2) is 6.59. The third-order valence-corrected chi connectivity index (χ3v) is 7.28. The van der Waals surface area contributed by atoms with Crippen molar-refractivity contribution in [3.63, 3.8) is 0 Å². The molecular weight excluding hydrogens is 350 g/mol. The third-order valence-electron chi connectivity index (χ3n) is 7.28. The zero-order valence-corrected chi connectivity index (χ0v) is 16.2. The van der Waals surface area contributed by atoms with Gasteiger partial charge in [-0.3, -0.25) is 9.59 Å². The highest BCUT2D eigenvalue weighted by Crippen LogP contribution is 2.52. The molecule has 0 radical (unpaired) electrons. The van der Waals surface area contributed by atoms with Gasteiger partial charge in [0.2, 0.25) is 5.56 Å². The molecule has 1 amide bonds. The number of carbonyl (C=O) groups is 1. The summed E-state index contributed by atoms with van der Waals surface area (Å²) in [5.41, 5.74) is 1.54. The van der Waals surface area contributed by atoms with E-state index in [2.05, 4.69) is 46.4 Å². The van der Waals surface area contributed by atoms with Crippen LogP contribution in [0.5, 0.6) is 0 Å². The third kappa shape index (κ3) is 2.72. The molecule has 2 saturated heterocycles. The van der Waals surface area contributed by atoms with E-state index in [1.165, 1.54) is 18.1 Å². The lowest BCUT2D eigenvalue weighted by atomic mass is 9.64. The SMILES string of the molecule is C[C@]12C[C@@H]3N[C@H]1CCC[C@H]2N(C(=O)c1cccc(=O)[nH]1)[C@H]3Cc1ccccc1. The first-order valence-corrected chi connectivity index (χ1v) is 10.4. The molecule has 1 saturated carbocycles. The predicted octanol–water partition coefficient (Wildman–Crippen LogP) is 2.73. The van der Waals surface area contributed by atoms with Crippen LogP contribution in [-0.4, -0.2) is 40.0 Å². The Bertz CT molecular complexity index is 940. The monoisotopic (exact) mass is 377 g/mol. The van der Waals surface area contributed by atoms with Crippen LogP contribution in [0.25, 0.3) is 0 Å². The summed E-state index contributed by atoms with van der Waals surface area (Å²) >= 11 is 0. The highest BCUT2D eigenvalue weighted by molar-refractivity contribution is 5.93. The molecule has 2 bridgehead atoms. The number of hydrogen-bond donors (Lipinski definition) is 2. The summed E-state index contributed by atoms with van der Waals surface area (Å²) in [6.45, 7) is 2.35. The fraction of sp³-hybridized carbons (Fsp3) is 0.478. The van der Waals surface area contributed by atoms with Crippen molar-refractivity contribution in [3.05, 3.63) is 70.1 Å². The normalized spacial score (nSPS) is 33.7. The van der Waals surface area contributed by atoms with Crippen LogP contribution in [0.2, 0.25) is 0 Å². The van der Waals surface area contributed by atoms with E-state index in [1.807, 2.05) is 6.07 Å². The summed E-state index contributed by atoms with van der Waals surface area (Å²) < 4.78 is 0. The Balaban J connectivity index is 1.57. The van der Waals surface area contributed by atoms with Gasteiger partial charge in [0.25, 0.3) is 5.91 Å². The number of carbonyl (C=O) groups excluding carboxylic acids is 1. The number of nitrogens with one attached hydrogen (secondary N) is 2. The number of hydrogen-bond acceptors (Lipinski definition) is 3. The van der Waals surface area contributed by atoms with E-state index in [-0.39, 0.29) is 29.0 Å². The number of benzene rings is 1. The molecule has 5 heteroatoms. The fourth-order valence-corrected chi connectivity index (χ4v) is 5.98. The second-order valence-corrected chi connectivity index (χ2v) is 8.88. The van der Waals surface area contributed by atoms with E-state index in [4.69, 9.17) is 0 Å². The van der Waals surface area contributed by atoms with Crippen molar-refractivity contribution in [2.24, 2.45) is 5.41 Å². The van der Waals surface area contributed by atoms with E-state index in [9.17, 15) is 9.59 Å². The molecule has 1 aliphatic carbocycles. The van der Waals surface area contributed by atoms with Gasteiger partial charge in [0.05, 0.1) is 6.04 Å². The molecule has 5 nitrogen and oxygen atoms in total. The maximum atomic E-state index is 13.6. The summed E-state index contributed by atoms with van der Waals surface area (Å²) in [7, 11) is 0. The van der Waals surface area contributed by atoms with Crippen molar-refractivity contribution in [2.45, 2.75) is 63.2 Å². The van der Waals surface area contributed by atoms with Crippen LogP contribution in [0, 0.1) is 5.41 Å². The first-order valence-electron chi connectivity index (χ1n) is 10.4. The van der Waals surface area contributed by atoms with Gasteiger partial charge in [-0.1, -0.05) is 43.3 Å². The minimum absolute atomic E-state index is 0.0380. The molecule has 2 aromatic rings. The Hall–Kier alpha value is -2.40. The van der Waals surface area contributed by atoms with E-state index in [1.54, 1.807) is 12.1 Å². The largest absolute Gasteiger partial charge is 0.329 e. The molecule has 3 fully saturated rings. The minimum atomic E-state index is -0.226. The van der Waals surface area contributed by atoms with Gasteiger partial charge in [0.15, 0.2) is 0 Å². The van der Waals surface area contributed by atoms with E-state index in [0.29, 0.717) is 17.8 Å². The van der Waals surface area contributed by atoms with Gasteiger partial charge in [-0.15, -0.1) is 0 Å². The number of H-pyrrole nitrogens is 1. The van der Waals surface area contributed by atoms with Gasteiger partial charge in [0, 0.05) is 29.6 Å². The molecule has 28 heavy (non-hydrogen) atoms. The lowest BCUT2D eigenvalue weighted by molar-refractivity contribution is -0.0115. The van der Waals surface area contributed by atoms with Gasteiger partial charge < -0.3 is 15.2 Å². The second-order valence-electron chi connectivity index (χ2n) is 8.88. The number of aromatic amines is 1. The molecule has 2 aliphatic heterocycles. The Kier molecular flexibility index (Phi) is 4.16. The molecule has 0 spiro atoms. The first-order chi connectivity index (χ1) is 13.6. The molecular formula is C23H27N3O2. The fourth-order valence-electron chi connectivity index (χ4n) is 5.98. The molecule has 1 aromatic carbocycles. The standard InChI is InChI=1S/C23H27N3O2/c1-23-14-17-18(13-15-7-3-2-4-8-15)26(20(23)11-6-10-19(23)24-17)22(28)16-9-5-12-21(27)25-16/h2-5,7-9,12,17-20,24H,6,10-11,13-14H2,1H3,(H,25,27)/t17-,18-,19-,20+,23-/m0/s1. The number of fused-ring (bicyclic) bond motifs is 1. The summed E-state index contributed by atoms with van der Waals surface area (Å²) in [6, 6.07) is 16.4.